The fourth-order valence-corrected chi connectivity index (χ4v) is 3.94. The summed E-state index contributed by atoms with van der Waals surface area (Å²) in [5.74, 6) is -0.300. The van der Waals surface area contributed by atoms with Gasteiger partial charge in [-0.25, -0.2) is 9.97 Å². The number of aromatic nitrogens is 3. The minimum absolute atomic E-state index is 0.0875. The number of para-hydroxylation sites is 2. The predicted molar refractivity (Wildman–Crippen MR) is 100 cm³/mol. The fourth-order valence-electron chi connectivity index (χ4n) is 2.45. The van der Waals surface area contributed by atoms with Crippen molar-refractivity contribution in [3.05, 3.63) is 63.7 Å². The van der Waals surface area contributed by atoms with Crippen LogP contribution in [-0.2, 0) is 11.3 Å². The third kappa shape index (κ3) is 3.21. The van der Waals surface area contributed by atoms with Crippen LogP contribution < -0.4 is 10.9 Å². The number of hydrogen-bond acceptors (Lipinski definition) is 6. The summed E-state index contributed by atoms with van der Waals surface area (Å²) in [7, 11) is 0. The molecule has 3 heterocycles. The summed E-state index contributed by atoms with van der Waals surface area (Å²) in [6.07, 6.45) is 1.23. The van der Waals surface area contributed by atoms with Gasteiger partial charge in [-0.05, 0) is 23.6 Å². The van der Waals surface area contributed by atoms with Crippen molar-refractivity contribution in [1.29, 1.82) is 0 Å². The van der Waals surface area contributed by atoms with Crippen LogP contribution in [0.5, 0.6) is 0 Å². The van der Waals surface area contributed by atoms with Gasteiger partial charge in [-0.15, -0.1) is 22.7 Å². The van der Waals surface area contributed by atoms with Crippen LogP contribution in [0, 0.1) is 0 Å². The molecule has 124 valence electrons. The van der Waals surface area contributed by atoms with Crippen LogP contribution in [0.1, 0.15) is 0 Å². The molecule has 0 aliphatic heterocycles. The minimum atomic E-state index is -0.313. The second-order valence-corrected chi connectivity index (χ2v) is 7.04. The molecule has 0 saturated carbocycles. The zero-order valence-corrected chi connectivity index (χ0v) is 14.5. The fraction of sp³-hybridized carbons (Fsp3) is 0.0588. The van der Waals surface area contributed by atoms with Crippen molar-refractivity contribution < 1.29 is 4.79 Å². The molecular formula is C17H12N4O2S2. The number of amides is 1. The normalized spacial score (nSPS) is 10.9. The van der Waals surface area contributed by atoms with Crippen molar-refractivity contribution in [2.45, 2.75) is 6.54 Å². The Bertz CT molecular complexity index is 1100. The standard InChI is InChI=1S/C17H12N4O2S2/c22-15(20-17-19-12(10-25-17)14-6-3-7-24-14)9-21-13-5-2-1-4-11(13)18-8-16(21)23/h1-8,10H,9H2,(H,19,20,22). The maximum absolute atomic E-state index is 12.4. The highest BCUT2D eigenvalue weighted by Crippen LogP contribution is 2.28. The van der Waals surface area contributed by atoms with E-state index >= 15 is 0 Å². The molecule has 0 bridgehead atoms. The van der Waals surface area contributed by atoms with E-state index in [0.717, 1.165) is 10.6 Å². The zero-order chi connectivity index (χ0) is 17.2. The number of hydrogen-bond donors (Lipinski definition) is 1. The van der Waals surface area contributed by atoms with E-state index in [4.69, 9.17) is 0 Å². The minimum Gasteiger partial charge on any atom is -0.300 e. The van der Waals surface area contributed by atoms with Gasteiger partial charge in [0.15, 0.2) is 5.13 Å². The number of fused-ring (bicyclic) bond motifs is 1. The molecular weight excluding hydrogens is 356 g/mol. The van der Waals surface area contributed by atoms with Gasteiger partial charge in [-0.2, -0.15) is 0 Å². The second-order valence-electron chi connectivity index (χ2n) is 5.23. The van der Waals surface area contributed by atoms with Crippen molar-refractivity contribution in [3.63, 3.8) is 0 Å². The summed E-state index contributed by atoms with van der Waals surface area (Å²) >= 11 is 2.95. The lowest BCUT2D eigenvalue weighted by Gasteiger charge is -2.08. The molecule has 0 fully saturated rings. The zero-order valence-electron chi connectivity index (χ0n) is 12.9. The van der Waals surface area contributed by atoms with Gasteiger partial charge in [0, 0.05) is 5.38 Å². The van der Waals surface area contributed by atoms with Crippen LogP contribution in [0.15, 0.2) is 58.1 Å². The van der Waals surface area contributed by atoms with Crippen LogP contribution in [0.2, 0.25) is 0 Å². The van der Waals surface area contributed by atoms with Crippen LogP contribution in [0.3, 0.4) is 0 Å². The average molecular weight is 368 g/mol. The van der Waals surface area contributed by atoms with Gasteiger partial charge in [0.1, 0.15) is 6.54 Å². The van der Waals surface area contributed by atoms with Crippen molar-refractivity contribution in [2.75, 3.05) is 5.32 Å². The first kappa shape index (κ1) is 15.7. The monoisotopic (exact) mass is 368 g/mol. The molecule has 0 radical (unpaired) electrons. The summed E-state index contributed by atoms with van der Waals surface area (Å²) in [6.45, 7) is -0.0875. The van der Waals surface area contributed by atoms with Gasteiger partial charge in [-0.1, -0.05) is 18.2 Å². The second kappa shape index (κ2) is 6.58. The smallest absolute Gasteiger partial charge is 0.269 e. The van der Waals surface area contributed by atoms with E-state index in [-0.39, 0.29) is 18.0 Å². The molecule has 4 aromatic rings. The number of carbonyl (C=O) groups is 1. The molecule has 4 rings (SSSR count). The first-order valence-corrected chi connectivity index (χ1v) is 9.20. The third-order valence-corrected chi connectivity index (χ3v) is 5.23. The lowest BCUT2D eigenvalue weighted by molar-refractivity contribution is -0.116. The van der Waals surface area contributed by atoms with Gasteiger partial charge in [0.2, 0.25) is 5.91 Å². The summed E-state index contributed by atoms with van der Waals surface area (Å²) in [5.41, 5.74) is 1.82. The lowest BCUT2D eigenvalue weighted by atomic mass is 10.3. The largest absolute Gasteiger partial charge is 0.300 e. The highest BCUT2D eigenvalue weighted by atomic mass is 32.1. The predicted octanol–water partition coefficient (Wildman–Crippen LogP) is 3.22. The Balaban J connectivity index is 1.55. The lowest BCUT2D eigenvalue weighted by Crippen LogP contribution is -2.27. The molecule has 0 spiro atoms. The Kier molecular flexibility index (Phi) is 4.12. The molecule has 3 aromatic heterocycles. The SMILES string of the molecule is O=C(Cn1c(=O)cnc2ccccc21)Nc1nc(-c2cccs2)cs1. The molecule has 8 heteroatoms. The van der Waals surface area contributed by atoms with Gasteiger partial charge in [0.25, 0.3) is 5.56 Å². The van der Waals surface area contributed by atoms with Gasteiger partial charge < -0.3 is 5.32 Å². The van der Waals surface area contributed by atoms with E-state index in [9.17, 15) is 9.59 Å². The summed E-state index contributed by atoms with van der Waals surface area (Å²) in [4.78, 5) is 34.0. The Morgan fingerprint density at radius 3 is 2.88 bits per heavy atom. The van der Waals surface area contributed by atoms with Crippen LogP contribution in [0.4, 0.5) is 5.13 Å². The Labute approximate surface area is 150 Å². The van der Waals surface area contributed by atoms with E-state index in [1.54, 1.807) is 23.5 Å². The number of nitrogens with zero attached hydrogens (tertiary/aromatic N) is 3. The maximum atomic E-state index is 12.4. The molecule has 1 N–H and O–H groups in total. The number of carbonyl (C=O) groups excluding carboxylic acids is 1. The Hall–Kier alpha value is -2.84. The Morgan fingerprint density at radius 1 is 1.16 bits per heavy atom. The van der Waals surface area contributed by atoms with Crippen molar-refractivity contribution in [3.8, 4) is 10.6 Å². The number of benzene rings is 1. The van der Waals surface area contributed by atoms with Crippen LogP contribution in [-0.4, -0.2) is 20.4 Å². The average Bonchev–Trinajstić information content (AvgIpc) is 3.29. The maximum Gasteiger partial charge on any atom is 0.269 e. The molecule has 25 heavy (non-hydrogen) atoms. The molecule has 1 aromatic carbocycles. The van der Waals surface area contributed by atoms with E-state index < -0.39 is 0 Å². The van der Waals surface area contributed by atoms with Crippen LogP contribution >= 0.6 is 22.7 Å². The summed E-state index contributed by atoms with van der Waals surface area (Å²) in [5, 5.41) is 7.15. The number of thiophene rings is 1. The summed E-state index contributed by atoms with van der Waals surface area (Å²) in [6, 6.07) is 11.2. The highest BCUT2D eigenvalue weighted by Gasteiger charge is 2.12. The van der Waals surface area contributed by atoms with E-state index in [0.29, 0.717) is 16.2 Å². The first-order valence-electron chi connectivity index (χ1n) is 7.44. The van der Waals surface area contributed by atoms with Gasteiger partial charge in [0.05, 0.1) is 27.8 Å². The van der Waals surface area contributed by atoms with Gasteiger partial charge >= 0.3 is 0 Å². The van der Waals surface area contributed by atoms with E-state index in [1.807, 2.05) is 35.0 Å². The Morgan fingerprint density at radius 2 is 2.04 bits per heavy atom. The van der Waals surface area contributed by atoms with Crippen molar-refractivity contribution in [2.24, 2.45) is 0 Å². The number of nitrogens with one attached hydrogen (secondary N) is 1. The third-order valence-electron chi connectivity index (χ3n) is 3.58. The first-order chi connectivity index (χ1) is 12.2. The van der Waals surface area contributed by atoms with Gasteiger partial charge in [-0.3, -0.25) is 14.2 Å². The molecule has 6 nitrogen and oxygen atoms in total. The molecule has 0 aliphatic carbocycles. The van der Waals surface area contributed by atoms with E-state index in [1.165, 1.54) is 22.1 Å². The van der Waals surface area contributed by atoms with Crippen LogP contribution in [0.25, 0.3) is 21.6 Å². The van der Waals surface area contributed by atoms with E-state index in [2.05, 4.69) is 15.3 Å². The topological polar surface area (TPSA) is 76.9 Å². The highest BCUT2D eigenvalue weighted by molar-refractivity contribution is 7.16. The molecule has 0 atom stereocenters. The number of rotatable bonds is 4. The molecule has 0 saturated heterocycles. The molecule has 1 amide bonds. The van der Waals surface area contributed by atoms with Crippen molar-refractivity contribution >= 4 is 44.7 Å². The molecule has 0 unspecified atom stereocenters. The number of anilines is 1. The quantitative estimate of drug-likeness (QED) is 0.600. The number of thiazole rings is 1. The molecule has 0 aliphatic rings. The van der Waals surface area contributed by atoms with Crippen molar-refractivity contribution in [1.82, 2.24) is 14.5 Å². The summed E-state index contributed by atoms with van der Waals surface area (Å²) < 4.78 is 1.41.